The van der Waals surface area contributed by atoms with Gasteiger partial charge in [-0.05, 0) is 31.5 Å². The van der Waals surface area contributed by atoms with E-state index in [-0.39, 0.29) is 17.4 Å². The molecular weight excluding hydrogens is 380 g/mol. The molecule has 3 aromatic rings. The Kier molecular flexibility index (Phi) is 6.54. The van der Waals surface area contributed by atoms with Gasteiger partial charge in [0.15, 0.2) is 11.8 Å². The lowest BCUT2D eigenvalue weighted by Crippen LogP contribution is -2.18. The SMILES string of the molecule is CC(C)Oc1cccc([C@H](OC(=O)c2cn(Cc3ccccc3)nn2)C(F)F)c1. The van der Waals surface area contributed by atoms with Crippen molar-refractivity contribution in [3.05, 3.63) is 77.6 Å². The molecule has 2 aromatic carbocycles. The second-order valence-electron chi connectivity index (χ2n) is 6.69. The molecule has 152 valence electrons. The fraction of sp³-hybridized carbons (Fsp3) is 0.286. The summed E-state index contributed by atoms with van der Waals surface area (Å²) in [7, 11) is 0. The number of hydrogen-bond donors (Lipinski definition) is 0. The van der Waals surface area contributed by atoms with Gasteiger partial charge in [0, 0.05) is 5.56 Å². The zero-order valence-corrected chi connectivity index (χ0v) is 16.0. The van der Waals surface area contributed by atoms with E-state index in [4.69, 9.17) is 9.47 Å². The molecule has 0 saturated carbocycles. The summed E-state index contributed by atoms with van der Waals surface area (Å²) in [6, 6.07) is 15.6. The van der Waals surface area contributed by atoms with E-state index in [1.807, 2.05) is 44.2 Å². The normalized spacial score (nSPS) is 12.2. The summed E-state index contributed by atoms with van der Waals surface area (Å²) >= 11 is 0. The molecule has 0 bridgehead atoms. The molecule has 0 spiro atoms. The van der Waals surface area contributed by atoms with Gasteiger partial charge in [-0.3, -0.25) is 0 Å². The first kappa shape index (κ1) is 20.4. The molecular formula is C21H21F2N3O3. The number of aromatic nitrogens is 3. The van der Waals surface area contributed by atoms with Crippen molar-refractivity contribution in [2.24, 2.45) is 0 Å². The molecule has 0 fully saturated rings. The summed E-state index contributed by atoms with van der Waals surface area (Å²) in [4.78, 5) is 12.4. The highest BCUT2D eigenvalue weighted by Gasteiger charge is 2.29. The quantitative estimate of drug-likeness (QED) is 0.527. The van der Waals surface area contributed by atoms with Crippen molar-refractivity contribution in [1.82, 2.24) is 15.0 Å². The average Bonchev–Trinajstić information content (AvgIpc) is 3.15. The molecule has 0 N–H and O–H groups in total. The van der Waals surface area contributed by atoms with Crippen LogP contribution >= 0.6 is 0 Å². The molecule has 1 heterocycles. The minimum absolute atomic E-state index is 0.113. The highest BCUT2D eigenvalue weighted by Crippen LogP contribution is 2.28. The standard InChI is InChI=1S/C21H21F2N3O3/c1-14(2)28-17-10-6-9-16(11-17)19(20(22)23)29-21(27)18-13-26(25-24-18)12-15-7-4-3-5-8-15/h3-11,13-14,19-20H,12H2,1-2H3/t19-/m0/s1. The van der Waals surface area contributed by atoms with Crippen LogP contribution < -0.4 is 4.74 Å². The first-order valence-electron chi connectivity index (χ1n) is 9.12. The van der Waals surface area contributed by atoms with Crippen LogP contribution in [0.25, 0.3) is 0 Å². The number of benzene rings is 2. The number of ether oxygens (including phenoxy) is 2. The number of carbonyl (C=O) groups is 1. The van der Waals surface area contributed by atoms with Gasteiger partial charge in [0.1, 0.15) is 5.75 Å². The highest BCUT2D eigenvalue weighted by molar-refractivity contribution is 5.86. The van der Waals surface area contributed by atoms with Crippen LogP contribution in [-0.2, 0) is 11.3 Å². The summed E-state index contributed by atoms with van der Waals surface area (Å²) in [6.45, 7) is 4.06. The summed E-state index contributed by atoms with van der Waals surface area (Å²) in [6.07, 6.45) is -3.39. The molecule has 0 aliphatic carbocycles. The molecule has 29 heavy (non-hydrogen) atoms. The van der Waals surface area contributed by atoms with E-state index in [2.05, 4.69) is 10.3 Å². The number of hydrogen-bond acceptors (Lipinski definition) is 5. The molecule has 0 aliphatic heterocycles. The van der Waals surface area contributed by atoms with Gasteiger partial charge in [-0.2, -0.15) is 0 Å². The number of halogens is 2. The molecule has 0 unspecified atom stereocenters. The van der Waals surface area contributed by atoms with E-state index in [9.17, 15) is 13.6 Å². The Morgan fingerprint density at radius 3 is 2.55 bits per heavy atom. The lowest BCUT2D eigenvalue weighted by atomic mass is 10.1. The van der Waals surface area contributed by atoms with Gasteiger partial charge in [-0.25, -0.2) is 18.3 Å². The maximum absolute atomic E-state index is 13.6. The van der Waals surface area contributed by atoms with Crippen LogP contribution in [0.1, 0.15) is 41.6 Å². The van der Waals surface area contributed by atoms with Gasteiger partial charge >= 0.3 is 5.97 Å². The zero-order chi connectivity index (χ0) is 20.8. The number of alkyl halides is 2. The van der Waals surface area contributed by atoms with Crippen molar-refractivity contribution in [2.45, 2.75) is 39.0 Å². The molecule has 0 saturated heterocycles. The smallest absolute Gasteiger partial charge is 0.361 e. The molecule has 6 nitrogen and oxygen atoms in total. The zero-order valence-electron chi connectivity index (χ0n) is 16.0. The third kappa shape index (κ3) is 5.60. The molecule has 1 aromatic heterocycles. The summed E-state index contributed by atoms with van der Waals surface area (Å²) in [5.74, 6) is -0.544. The lowest BCUT2D eigenvalue weighted by Gasteiger charge is -2.18. The van der Waals surface area contributed by atoms with Gasteiger partial charge in [-0.15, -0.1) is 5.10 Å². The summed E-state index contributed by atoms with van der Waals surface area (Å²) in [5, 5.41) is 7.61. The van der Waals surface area contributed by atoms with Gasteiger partial charge < -0.3 is 9.47 Å². The fourth-order valence-corrected chi connectivity index (χ4v) is 2.72. The fourth-order valence-electron chi connectivity index (χ4n) is 2.72. The van der Waals surface area contributed by atoms with E-state index in [1.54, 1.807) is 12.1 Å². The Bertz CT molecular complexity index is 945. The van der Waals surface area contributed by atoms with Crippen molar-refractivity contribution in [1.29, 1.82) is 0 Å². The van der Waals surface area contributed by atoms with Crippen LogP contribution in [0.4, 0.5) is 8.78 Å². The molecule has 8 heteroatoms. The van der Waals surface area contributed by atoms with Crippen LogP contribution in [0.3, 0.4) is 0 Å². The highest BCUT2D eigenvalue weighted by atomic mass is 19.3. The Balaban J connectivity index is 1.72. The van der Waals surface area contributed by atoms with Crippen LogP contribution in [-0.4, -0.2) is 33.5 Å². The van der Waals surface area contributed by atoms with Gasteiger partial charge in [-0.1, -0.05) is 47.7 Å². The molecule has 0 radical (unpaired) electrons. The monoisotopic (exact) mass is 401 g/mol. The van der Waals surface area contributed by atoms with E-state index >= 15 is 0 Å². The Morgan fingerprint density at radius 2 is 1.86 bits per heavy atom. The van der Waals surface area contributed by atoms with Gasteiger partial charge in [0.2, 0.25) is 0 Å². The maximum Gasteiger partial charge on any atom is 0.361 e. The first-order valence-corrected chi connectivity index (χ1v) is 9.12. The van der Waals surface area contributed by atoms with Gasteiger partial charge in [0.25, 0.3) is 6.43 Å². The van der Waals surface area contributed by atoms with Crippen molar-refractivity contribution < 1.29 is 23.0 Å². The lowest BCUT2D eigenvalue weighted by molar-refractivity contribution is -0.0355. The van der Waals surface area contributed by atoms with Crippen molar-refractivity contribution in [3.8, 4) is 5.75 Å². The van der Waals surface area contributed by atoms with Crippen LogP contribution in [0, 0.1) is 0 Å². The molecule has 1 atom stereocenters. The summed E-state index contributed by atoms with van der Waals surface area (Å²) < 4.78 is 39.2. The van der Waals surface area contributed by atoms with Crippen molar-refractivity contribution in [2.75, 3.05) is 0 Å². The largest absolute Gasteiger partial charge is 0.491 e. The van der Waals surface area contributed by atoms with E-state index in [0.717, 1.165) is 5.56 Å². The maximum atomic E-state index is 13.6. The number of carbonyl (C=O) groups excluding carboxylic acids is 1. The topological polar surface area (TPSA) is 66.2 Å². The number of rotatable bonds is 8. The third-order valence-electron chi connectivity index (χ3n) is 3.96. The molecule has 0 aliphatic rings. The Hall–Kier alpha value is -3.29. The number of esters is 1. The van der Waals surface area contributed by atoms with Crippen molar-refractivity contribution in [3.63, 3.8) is 0 Å². The second-order valence-corrected chi connectivity index (χ2v) is 6.69. The number of nitrogens with zero attached hydrogens (tertiary/aromatic N) is 3. The first-order chi connectivity index (χ1) is 13.9. The minimum Gasteiger partial charge on any atom is -0.491 e. The van der Waals surface area contributed by atoms with E-state index in [0.29, 0.717) is 12.3 Å². The van der Waals surface area contributed by atoms with E-state index < -0.39 is 18.5 Å². The van der Waals surface area contributed by atoms with Crippen LogP contribution in [0.5, 0.6) is 5.75 Å². The third-order valence-corrected chi connectivity index (χ3v) is 3.96. The van der Waals surface area contributed by atoms with Crippen LogP contribution in [0.15, 0.2) is 60.8 Å². The Labute approximate surface area is 167 Å². The minimum atomic E-state index is -2.91. The van der Waals surface area contributed by atoms with Gasteiger partial charge in [0.05, 0.1) is 18.8 Å². The summed E-state index contributed by atoms with van der Waals surface area (Å²) in [5.41, 5.74) is 0.967. The Morgan fingerprint density at radius 1 is 1.10 bits per heavy atom. The average molecular weight is 401 g/mol. The van der Waals surface area contributed by atoms with Crippen LogP contribution in [0.2, 0.25) is 0 Å². The predicted octanol–water partition coefficient (Wildman–Crippen LogP) is 4.28. The van der Waals surface area contributed by atoms with Crippen molar-refractivity contribution >= 4 is 5.97 Å². The molecule has 0 amide bonds. The predicted molar refractivity (Wildman–Crippen MR) is 102 cm³/mol. The van der Waals surface area contributed by atoms with E-state index in [1.165, 1.54) is 23.0 Å². The molecule has 3 rings (SSSR count). The second kappa shape index (κ2) is 9.27.